The lowest BCUT2D eigenvalue weighted by molar-refractivity contribution is 0.258. The van der Waals surface area contributed by atoms with Crippen molar-refractivity contribution in [3.8, 4) is 0 Å². The van der Waals surface area contributed by atoms with E-state index < -0.39 is 0 Å². The molecule has 0 rings (SSSR count). The van der Waals surface area contributed by atoms with Crippen LogP contribution >= 0.6 is 0 Å². The van der Waals surface area contributed by atoms with E-state index in [0.29, 0.717) is 6.10 Å². The molecule has 0 unspecified atom stereocenters. The second-order valence-electron chi connectivity index (χ2n) is 1.42. The van der Waals surface area contributed by atoms with Crippen molar-refractivity contribution in [3.05, 3.63) is 0 Å². The Balaban J connectivity index is 2.63. The Kier molecular flexibility index (Phi) is 3.98. The molecule has 6 heavy (non-hydrogen) atoms. The quantitative estimate of drug-likeness (QED) is 0.473. The molecule has 0 aliphatic rings. The van der Waals surface area contributed by atoms with Crippen LogP contribution in [0.15, 0.2) is 0 Å². The molecule has 1 nitrogen and oxygen atoms in total. The molecular weight excluding hydrogens is 91.0 g/mol. The van der Waals surface area contributed by atoms with E-state index in [2.05, 4.69) is 19.6 Å². The first-order chi connectivity index (χ1) is 2.77. The van der Waals surface area contributed by atoms with Gasteiger partial charge in [-0.3, -0.25) is 0 Å². The fourth-order valence-electron chi connectivity index (χ4n) is 0.272. The highest BCUT2D eigenvalue weighted by molar-refractivity contribution is 6.24. The van der Waals surface area contributed by atoms with Gasteiger partial charge < -0.3 is 3.79 Å². The van der Waals surface area contributed by atoms with Gasteiger partial charge in [0, 0.05) is 6.10 Å². The highest BCUT2D eigenvalue weighted by Crippen LogP contribution is 1.81. The monoisotopic (exact) mass is 101 g/mol. The molecule has 0 fully saturated rings. The third-order valence-electron chi connectivity index (χ3n) is 0.408. The van der Waals surface area contributed by atoms with Crippen molar-refractivity contribution >= 4 is 15.6 Å². The van der Waals surface area contributed by atoms with Crippen LogP contribution in [-0.2, 0) is 3.79 Å². The van der Waals surface area contributed by atoms with Crippen LogP contribution in [0, 0.1) is 0 Å². The minimum Gasteiger partial charge on any atom is -0.505 e. The molecule has 0 spiro atoms. The topological polar surface area (TPSA) is 9.23 Å². The van der Waals surface area contributed by atoms with Gasteiger partial charge in [0.15, 0.2) is 0 Å². The number of rotatable bonds is 2. The summed E-state index contributed by atoms with van der Waals surface area (Å²) in [4.78, 5) is 0. The van der Waals surface area contributed by atoms with Gasteiger partial charge >= 0.3 is 15.6 Å². The third-order valence-corrected chi connectivity index (χ3v) is 1.22. The Morgan fingerprint density at radius 3 is 2.00 bits per heavy atom. The average molecular weight is 101 g/mol. The molecule has 35 valence electrons. The highest BCUT2D eigenvalue weighted by Gasteiger charge is 1.86. The van der Waals surface area contributed by atoms with Crippen molar-refractivity contribution in [2.75, 3.05) is 0 Å². The van der Waals surface area contributed by atoms with Gasteiger partial charge in [-0.1, -0.05) is 5.79 Å². The van der Waals surface area contributed by atoms with Crippen molar-refractivity contribution in [1.29, 1.82) is 0 Å². The molecule has 0 N–H and O–H groups in total. The van der Waals surface area contributed by atoms with Crippen molar-refractivity contribution in [3.63, 3.8) is 0 Å². The van der Waals surface area contributed by atoms with Crippen LogP contribution in [0.1, 0.15) is 13.8 Å². The lowest BCUT2D eigenvalue weighted by Crippen LogP contribution is -2.02. The van der Waals surface area contributed by atoms with Gasteiger partial charge in [0.25, 0.3) is 0 Å². The van der Waals surface area contributed by atoms with Gasteiger partial charge in [0.1, 0.15) is 0 Å². The summed E-state index contributed by atoms with van der Waals surface area (Å²) >= 11 is 0.252. The summed E-state index contributed by atoms with van der Waals surface area (Å²) < 4.78 is 5.12. The SMILES string of the molecule is [CH3][Al][O]C(C)C. The van der Waals surface area contributed by atoms with E-state index in [-0.39, 0.29) is 15.6 Å². The smallest absolute Gasteiger partial charge is 0.419 e. The fourth-order valence-corrected chi connectivity index (χ4v) is 0.816. The third kappa shape index (κ3) is 4.49. The van der Waals surface area contributed by atoms with Gasteiger partial charge in [-0.2, -0.15) is 0 Å². The fraction of sp³-hybridized carbons (Fsp3) is 1.00. The summed E-state index contributed by atoms with van der Waals surface area (Å²) in [6, 6.07) is 0. The highest BCUT2D eigenvalue weighted by atomic mass is 27.1. The van der Waals surface area contributed by atoms with Crippen LogP contribution in [0.4, 0.5) is 0 Å². The van der Waals surface area contributed by atoms with Crippen LogP contribution in [0.3, 0.4) is 0 Å². The number of hydrogen-bond donors (Lipinski definition) is 0. The van der Waals surface area contributed by atoms with Gasteiger partial charge in [0.2, 0.25) is 0 Å². The van der Waals surface area contributed by atoms with E-state index in [9.17, 15) is 0 Å². The summed E-state index contributed by atoms with van der Waals surface area (Å²) in [5.74, 6) is 2.08. The number of hydrogen-bond acceptors (Lipinski definition) is 1. The van der Waals surface area contributed by atoms with Crippen molar-refractivity contribution < 1.29 is 3.79 Å². The molecule has 0 amide bonds. The van der Waals surface area contributed by atoms with E-state index in [4.69, 9.17) is 3.79 Å². The van der Waals surface area contributed by atoms with Crippen LogP contribution in [0.25, 0.3) is 0 Å². The van der Waals surface area contributed by atoms with Crippen LogP contribution in [-0.4, -0.2) is 21.7 Å². The van der Waals surface area contributed by atoms with Gasteiger partial charge in [0.05, 0.1) is 0 Å². The first-order valence-corrected chi connectivity index (χ1v) is 3.83. The standard InChI is InChI=1S/C3H7O.CH3.Al/c1-3(2)4;;/h3H,1-2H3;1H3;/q-1;;+1. The Morgan fingerprint density at radius 1 is 1.50 bits per heavy atom. The zero-order valence-electron chi connectivity index (χ0n) is 4.56. The predicted octanol–water partition coefficient (Wildman–Crippen LogP) is 1.08. The molecule has 0 atom stereocenters. The van der Waals surface area contributed by atoms with Crippen molar-refractivity contribution in [2.45, 2.75) is 25.7 Å². The van der Waals surface area contributed by atoms with Crippen LogP contribution in [0.2, 0.25) is 5.79 Å². The molecule has 0 aliphatic heterocycles. The van der Waals surface area contributed by atoms with Gasteiger partial charge in [-0.25, -0.2) is 0 Å². The summed E-state index contributed by atoms with van der Waals surface area (Å²) in [7, 11) is 0. The molecule has 0 saturated heterocycles. The zero-order chi connectivity index (χ0) is 4.99. The first kappa shape index (κ1) is 6.49. The Bertz CT molecular complexity index is 28.7. The van der Waals surface area contributed by atoms with Crippen molar-refractivity contribution in [2.24, 2.45) is 0 Å². The van der Waals surface area contributed by atoms with E-state index in [1.165, 1.54) is 0 Å². The molecule has 0 aromatic carbocycles. The maximum atomic E-state index is 5.12. The average Bonchev–Trinajstić information content (AvgIpc) is 1.35. The normalized spacial score (nSPS) is 9.33. The largest absolute Gasteiger partial charge is 0.505 e. The van der Waals surface area contributed by atoms with E-state index in [1.54, 1.807) is 0 Å². The zero-order valence-corrected chi connectivity index (χ0v) is 5.72. The van der Waals surface area contributed by atoms with E-state index >= 15 is 0 Å². The molecule has 2 heteroatoms. The summed E-state index contributed by atoms with van der Waals surface area (Å²) in [6.07, 6.45) is 0.435. The minimum atomic E-state index is 0.252. The first-order valence-electron chi connectivity index (χ1n) is 2.20. The maximum absolute atomic E-state index is 5.12. The molecule has 0 saturated carbocycles. The Hall–Kier alpha value is 0.492. The minimum absolute atomic E-state index is 0.252. The molecule has 1 radical (unpaired) electrons. The van der Waals surface area contributed by atoms with E-state index in [1.807, 2.05) is 0 Å². The predicted molar refractivity (Wildman–Crippen MR) is 27.8 cm³/mol. The van der Waals surface area contributed by atoms with E-state index in [0.717, 1.165) is 0 Å². The molecular formula is C4H10AlO. The molecule has 0 aliphatic carbocycles. The molecule has 0 aromatic rings. The van der Waals surface area contributed by atoms with Gasteiger partial charge in [-0.15, -0.1) is 0 Å². The van der Waals surface area contributed by atoms with Crippen LogP contribution < -0.4 is 0 Å². The van der Waals surface area contributed by atoms with Gasteiger partial charge in [-0.05, 0) is 13.8 Å². The maximum Gasteiger partial charge on any atom is 0.419 e. The van der Waals surface area contributed by atoms with Crippen molar-refractivity contribution in [1.82, 2.24) is 0 Å². The lowest BCUT2D eigenvalue weighted by Gasteiger charge is -2.01. The molecule has 0 heterocycles. The summed E-state index contributed by atoms with van der Waals surface area (Å²) in [5, 5.41) is 0. The summed E-state index contributed by atoms with van der Waals surface area (Å²) in [5.41, 5.74) is 0. The Labute approximate surface area is 45.7 Å². The second kappa shape index (κ2) is 3.67. The summed E-state index contributed by atoms with van der Waals surface area (Å²) in [6.45, 7) is 4.10. The molecule has 0 bridgehead atoms. The lowest BCUT2D eigenvalue weighted by atomic mass is 10.5. The van der Waals surface area contributed by atoms with Crippen LogP contribution in [0.5, 0.6) is 0 Å². The molecule has 0 aromatic heterocycles. The second-order valence-corrected chi connectivity index (χ2v) is 2.16. The Morgan fingerprint density at radius 2 is 2.00 bits per heavy atom.